The van der Waals surface area contributed by atoms with Crippen LogP contribution in [0, 0.1) is 0 Å². The van der Waals surface area contributed by atoms with Gasteiger partial charge in [-0.2, -0.15) is 0 Å². The third kappa shape index (κ3) is 4.08. The van der Waals surface area contributed by atoms with Gasteiger partial charge in [0.05, 0.1) is 16.9 Å². The van der Waals surface area contributed by atoms with E-state index in [4.69, 9.17) is 9.82 Å². The number of aromatic amines is 1. The van der Waals surface area contributed by atoms with Crippen molar-refractivity contribution in [1.82, 2.24) is 15.0 Å². The summed E-state index contributed by atoms with van der Waals surface area (Å²) in [6.07, 6.45) is 5.56. The predicted octanol–water partition coefficient (Wildman–Crippen LogP) is 7.42. The Morgan fingerprint density at radius 1 is 0.659 bits per heavy atom. The van der Waals surface area contributed by atoms with Crippen molar-refractivity contribution >= 4 is 33.3 Å². The molecule has 2 N–H and O–H groups in total. The molecular weight excluding hydrogens is 506 g/mol. The van der Waals surface area contributed by atoms with Crippen molar-refractivity contribution in [2.24, 2.45) is 0 Å². The highest BCUT2D eigenvalue weighted by Gasteiger charge is 2.26. The smallest absolute Gasteiger partial charge is 0.322 e. The zero-order valence-electron chi connectivity index (χ0n) is 22.2. The van der Waals surface area contributed by atoms with Crippen LogP contribution in [0.1, 0.15) is 11.1 Å². The van der Waals surface area contributed by atoms with Crippen LogP contribution in [0.3, 0.4) is 0 Å². The molecule has 1 aliphatic rings. The van der Waals surface area contributed by atoms with Gasteiger partial charge in [0.25, 0.3) is 5.88 Å². The number of aryl methyl sites for hydroxylation is 2. The van der Waals surface area contributed by atoms with Crippen LogP contribution in [0.4, 0.5) is 11.5 Å². The number of benzene rings is 3. The van der Waals surface area contributed by atoms with Crippen molar-refractivity contribution in [3.8, 4) is 28.4 Å². The molecule has 0 saturated heterocycles. The maximum atomic E-state index is 6.44. The lowest BCUT2D eigenvalue weighted by molar-refractivity contribution is -0.864. The van der Waals surface area contributed by atoms with Gasteiger partial charge in [-0.1, -0.05) is 60.7 Å². The van der Waals surface area contributed by atoms with E-state index in [1.165, 1.54) is 21.9 Å². The molecule has 41 heavy (non-hydrogen) atoms. The topological polar surface area (TPSA) is 66.7 Å². The fraction of sp³-hybridized carbons (Fsp3) is 0.0571. The Balaban J connectivity index is 1.18. The van der Waals surface area contributed by atoms with Gasteiger partial charge in [0.2, 0.25) is 0 Å². The Labute approximate surface area is 236 Å². The van der Waals surface area contributed by atoms with Crippen LogP contribution in [0.2, 0.25) is 0 Å². The van der Waals surface area contributed by atoms with Crippen molar-refractivity contribution in [1.29, 1.82) is 0 Å². The Kier molecular flexibility index (Phi) is 5.48. The number of hydrogen-bond acceptors (Lipinski definition) is 4. The molecule has 1 aliphatic heterocycles. The first-order valence-corrected chi connectivity index (χ1v) is 13.8. The highest BCUT2D eigenvalue weighted by Crippen LogP contribution is 2.36. The molecule has 0 saturated carbocycles. The number of pyridine rings is 3. The fourth-order valence-corrected chi connectivity index (χ4v) is 5.83. The van der Waals surface area contributed by atoms with Crippen LogP contribution >= 0.6 is 0 Å². The summed E-state index contributed by atoms with van der Waals surface area (Å²) in [7, 11) is 0. The minimum absolute atomic E-state index is 0.512. The summed E-state index contributed by atoms with van der Waals surface area (Å²) in [6.45, 7) is 0. The maximum absolute atomic E-state index is 6.44. The number of para-hydroxylation sites is 3. The van der Waals surface area contributed by atoms with Crippen LogP contribution in [0.15, 0.2) is 122 Å². The van der Waals surface area contributed by atoms with E-state index in [1.54, 1.807) is 4.73 Å². The molecule has 196 valence electrons. The molecule has 4 aromatic heterocycles. The maximum Gasteiger partial charge on any atom is 0.322 e. The van der Waals surface area contributed by atoms with Gasteiger partial charge >= 0.3 is 5.82 Å². The molecule has 6 nitrogen and oxygen atoms in total. The van der Waals surface area contributed by atoms with E-state index in [-0.39, 0.29) is 0 Å². The normalized spacial score (nSPS) is 12.4. The van der Waals surface area contributed by atoms with Gasteiger partial charge < -0.3 is 4.98 Å². The number of rotatable bonds is 4. The molecular formula is C35H26N5O+. The van der Waals surface area contributed by atoms with Crippen molar-refractivity contribution in [3.63, 3.8) is 0 Å². The first kappa shape index (κ1) is 23.4. The summed E-state index contributed by atoms with van der Waals surface area (Å²) in [6, 6.07) is 37.2. The average Bonchev–Trinajstić information content (AvgIpc) is 3.29. The molecule has 0 fully saturated rings. The van der Waals surface area contributed by atoms with Gasteiger partial charge in [-0.15, -0.1) is 0 Å². The first-order valence-electron chi connectivity index (χ1n) is 13.8. The Hall–Kier alpha value is -5.49. The third-order valence-corrected chi connectivity index (χ3v) is 7.77. The molecule has 0 amide bonds. The zero-order valence-corrected chi connectivity index (χ0v) is 22.2. The number of nitrogens with zero attached hydrogens (tertiary/aromatic N) is 3. The molecule has 8 rings (SSSR count). The fourth-order valence-electron chi connectivity index (χ4n) is 5.83. The number of fused-ring (bicyclic) bond motifs is 5. The van der Waals surface area contributed by atoms with E-state index in [0.29, 0.717) is 5.88 Å². The second-order valence-corrected chi connectivity index (χ2v) is 10.2. The molecule has 5 heterocycles. The van der Waals surface area contributed by atoms with E-state index in [2.05, 4.69) is 82.0 Å². The van der Waals surface area contributed by atoms with E-state index in [0.717, 1.165) is 57.9 Å². The Morgan fingerprint density at radius 2 is 1.44 bits per heavy atom. The van der Waals surface area contributed by atoms with E-state index in [1.807, 2.05) is 54.9 Å². The minimum atomic E-state index is 0.512. The van der Waals surface area contributed by atoms with Gasteiger partial charge in [0, 0.05) is 45.2 Å². The monoisotopic (exact) mass is 532 g/mol. The molecule has 0 spiro atoms. The van der Waals surface area contributed by atoms with Crippen molar-refractivity contribution < 1.29 is 9.57 Å². The van der Waals surface area contributed by atoms with Gasteiger partial charge in [0.15, 0.2) is 0 Å². The van der Waals surface area contributed by atoms with E-state index >= 15 is 0 Å². The highest BCUT2D eigenvalue weighted by atomic mass is 16.7. The molecule has 0 aliphatic carbocycles. The van der Waals surface area contributed by atoms with Gasteiger partial charge in [-0.05, 0) is 65.6 Å². The number of H-pyrrole nitrogens is 1. The lowest BCUT2D eigenvalue weighted by Gasteiger charge is -2.12. The van der Waals surface area contributed by atoms with Gasteiger partial charge in [-0.3, -0.25) is 9.82 Å². The van der Waals surface area contributed by atoms with Crippen molar-refractivity contribution in [3.05, 3.63) is 133 Å². The van der Waals surface area contributed by atoms with Crippen LogP contribution < -0.4 is 14.9 Å². The number of nitrogens with one attached hydrogen (secondary N) is 2. The summed E-state index contributed by atoms with van der Waals surface area (Å²) in [5, 5.41) is 6.09. The standard InChI is InChI=1S/C35H25N5O/c1-2-16-30-25(11-1)26-12-6-14-28(34(26)38-30)31-17-7-18-32(37-31)41-40-22-8-10-24-20-19-23-9-5-13-27(33(23)39-35(24)40)29-15-3-4-21-36-29/h1-18,21-22H,19-20H2,(H,37,38)/p+1. The van der Waals surface area contributed by atoms with Crippen LogP contribution in [-0.2, 0) is 12.8 Å². The van der Waals surface area contributed by atoms with Gasteiger partial charge in [-0.25, -0.2) is 10.3 Å². The molecule has 7 aromatic rings. The summed E-state index contributed by atoms with van der Waals surface area (Å²) in [5.41, 5.74) is 9.55. The largest absolute Gasteiger partial charge is 0.354 e. The second kappa shape index (κ2) is 9.61. The lowest BCUT2D eigenvalue weighted by atomic mass is 10.0. The SMILES string of the molecule is c1ccc(-c2cccc3c2Nc2c(ccc[n+]2Oc2cccc(-c4cccc5c4[nH]c4ccccc45)n2)CC3)nc1. The molecule has 0 radical (unpaired) electrons. The lowest BCUT2D eigenvalue weighted by Crippen LogP contribution is -2.42. The van der Waals surface area contributed by atoms with Crippen molar-refractivity contribution in [2.75, 3.05) is 5.32 Å². The summed E-state index contributed by atoms with van der Waals surface area (Å²) in [4.78, 5) is 19.6. The van der Waals surface area contributed by atoms with Crippen LogP contribution in [0.25, 0.3) is 44.3 Å². The van der Waals surface area contributed by atoms with E-state index in [9.17, 15) is 0 Å². The Bertz CT molecular complexity index is 2070. The second-order valence-electron chi connectivity index (χ2n) is 10.2. The first-order chi connectivity index (χ1) is 20.3. The van der Waals surface area contributed by atoms with Crippen LogP contribution in [0.5, 0.6) is 5.88 Å². The van der Waals surface area contributed by atoms with Gasteiger partial charge in [0.1, 0.15) is 11.9 Å². The highest BCUT2D eigenvalue weighted by molar-refractivity contribution is 6.11. The molecule has 3 aromatic carbocycles. The summed E-state index contributed by atoms with van der Waals surface area (Å²) in [5.74, 6) is 1.40. The van der Waals surface area contributed by atoms with E-state index < -0.39 is 0 Å². The molecule has 6 heteroatoms. The Morgan fingerprint density at radius 3 is 2.39 bits per heavy atom. The minimum Gasteiger partial charge on any atom is -0.354 e. The molecule has 0 bridgehead atoms. The summed E-state index contributed by atoms with van der Waals surface area (Å²) < 4.78 is 1.79. The molecule has 0 unspecified atom stereocenters. The molecule has 0 atom stereocenters. The summed E-state index contributed by atoms with van der Waals surface area (Å²) >= 11 is 0. The quantitative estimate of drug-likeness (QED) is 0.232. The number of anilines is 2. The number of hydrogen-bond donors (Lipinski definition) is 2. The zero-order chi connectivity index (χ0) is 27.2. The average molecular weight is 533 g/mol. The van der Waals surface area contributed by atoms with Crippen molar-refractivity contribution in [2.45, 2.75) is 12.8 Å². The predicted molar refractivity (Wildman–Crippen MR) is 162 cm³/mol. The number of aromatic nitrogens is 4. The third-order valence-electron chi connectivity index (χ3n) is 7.77. The van der Waals surface area contributed by atoms with Crippen LogP contribution in [-0.4, -0.2) is 15.0 Å².